The Labute approximate surface area is 201 Å². The van der Waals surface area contributed by atoms with Gasteiger partial charge in [-0.2, -0.15) is 8.42 Å². The minimum absolute atomic E-state index is 0.0507. The summed E-state index contributed by atoms with van der Waals surface area (Å²) in [6, 6.07) is -2.73. The molecule has 17 nitrogen and oxygen atoms in total. The number of amides is 2. The Bertz CT molecular complexity index is 1290. The molecule has 1 saturated heterocycles. The number of β-lactam (4-membered cyclic amide) rings is 1. The van der Waals surface area contributed by atoms with Crippen LogP contribution in [0.15, 0.2) is 16.7 Å². The lowest BCUT2D eigenvalue weighted by molar-refractivity contribution is -0.161. The fourth-order valence-corrected chi connectivity index (χ4v) is 4.28. The number of carbonyl (C=O) groups is 3. The molecule has 0 radical (unpaired) electrons. The number of rotatable bonds is 10. The van der Waals surface area contributed by atoms with E-state index in [4.69, 9.17) is 16.3 Å². The average Bonchev–Trinajstić information content (AvgIpc) is 3.39. The molecule has 7 N–H and O–H groups in total. The third kappa shape index (κ3) is 5.53. The van der Waals surface area contributed by atoms with Crippen molar-refractivity contribution in [2.24, 2.45) is 10.9 Å². The maximum Gasteiger partial charge on any atom is 0.362 e. The number of carbonyl (C=O) groups excluding carboxylic acids is 2. The van der Waals surface area contributed by atoms with Crippen LogP contribution < -0.4 is 16.8 Å². The predicted octanol–water partition coefficient (Wildman–Crippen LogP) is -2.44. The first-order valence-corrected chi connectivity index (χ1v) is 11.9. The van der Waals surface area contributed by atoms with Crippen LogP contribution in [-0.4, -0.2) is 83.5 Å². The molecule has 0 spiro atoms. The van der Waals surface area contributed by atoms with Gasteiger partial charge in [-0.25, -0.2) is 14.1 Å². The lowest BCUT2D eigenvalue weighted by atomic mass is 9.98. The van der Waals surface area contributed by atoms with Crippen molar-refractivity contribution >= 4 is 50.3 Å². The Morgan fingerprint density at radius 3 is 2.60 bits per heavy atom. The maximum atomic E-state index is 13.0. The van der Waals surface area contributed by atoms with Crippen molar-refractivity contribution in [1.82, 2.24) is 29.6 Å². The van der Waals surface area contributed by atoms with Gasteiger partial charge in [0.05, 0.1) is 18.3 Å². The van der Waals surface area contributed by atoms with E-state index in [2.05, 4.69) is 25.8 Å². The lowest BCUT2D eigenvalue weighted by Gasteiger charge is -2.43. The van der Waals surface area contributed by atoms with Crippen LogP contribution in [0.3, 0.4) is 0 Å². The van der Waals surface area contributed by atoms with Gasteiger partial charge in [-0.05, 0) is 13.8 Å². The van der Waals surface area contributed by atoms with Crippen LogP contribution in [-0.2, 0) is 42.6 Å². The van der Waals surface area contributed by atoms with Crippen molar-refractivity contribution < 1.29 is 37.3 Å². The molecule has 1 fully saturated rings. The number of carboxylic acid groups (broad SMARTS) is 1. The van der Waals surface area contributed by atoms with Crippen LogP contribution >= 0.6 is 11.3 Å². The molecular formula is C16H21N9O8S2. The monoisotopic (exact) mass is 531 g/mol. The van der Waals surface area contributed by atoms with E-state index in [0.29, 0.717) is 5.69 Å². The van der Waals surface area contributed by atoms with Crippen molar-refractivity contribution in [3.8, 4) is 0 Å². The van der Waals surface area contributed by atoms with E-state index in [1.165, 1.54) is 30.1 Å². The smallest absolute Gasteiger partial charge is 0.362 e. The van der Waals surface area contributed by atoms with E-state index in [-0.39, 0.29) is 28.2 Å². The second-order valence-electron chi connectivity index (χ2n) is 7.68. The Balaban J connectivity index is 1.89. The largest absolute Gasteiger partial charge is 0.478 e. The van der Waals surface area contributed by atoms with E-state index >= 15 is 0 Å². The first-order valence-electron chi connectivity index (χ1n) is 9.66. The van der Waals surface area contributed by atoms with E-state index in [9.17, 15) is 32.5 Å². The second-order valence-corrected chi connectivity index (χ2v) is 9.86. The van der Waals surface area contributed by atoms with Crippen molar-refractivity contribution in [2.45, 2.75) is 44.6 Å². The molecule has 0 unspecified atom stereocenters. The van der Waals surface area contributed by atoms with Gasteiger partial charge in [-0.15, -0.1) is 16.4 Å². The normalized spacial score (nSPS) is 18.8. The Kier molecular flexibility index (Phi) is 7.06. The average molecular weight is 532 g/mol. The molecule has 2 aromatic heterocycles. The Morgan fingerprint density at radius 2 is 2.09 bits per heavy atom. The van der Waals surface area contributed by atoms with Crippen LogP contribution in [0.25, 0.3) is 0 Å². The van der Waals surface area contributed by atoms with Gasteiger partial charge in [0, 0.05) is 18.1 Å². The number of aliphatic carboxylic acids is 1. The molecule has 19 heteroatoms. The number of nitrogens with one attached hydrogen (secondary N) is 1. The van der Waals surface area contributed by atoms with Gasteiger partial charge in [0.25, 0.3) is 11.8 Å². The predicted molar refractivity (Wildman–Crippen MR) is 118 cm³/mol. The van der Waals surface area contributed by atoms with Crippen LogP contribution in [0, 0.1) is 0 Å². The summed E-state index contributed by atoms with van der Waals surface area (Å²) in [5.41, 5.74) is 9.03. The number of oxime groups is 1. The van der Waals surface area contributed by atoms with E-state index in [1.807, 2.05) is 0 Å². The molecule has 190 valence electrons. The van der Waals surface area contributed by atoms with Gasteiger partial charge in [-0.1, -0.05) is 10.4 Å². The van der Waals surface area contributed by atoms with Crippen molar-refractivity contribution in [3.63, 3.8) is 0 Å². The molecule has 1 aliphatic rings. The number of carboxylic acids is 1. The quantitative estimate of drug-likeness (QED) is 0.0924. The van der Waals surface area contributed by atoms with Crippen molar-refractivity contribution in [2.75, 3.05) is 5.73 Å². The lowest BCUT2D eigenvalue weighted by Crippen LogP contribution is -2.73. The third-order valence-corrected chi connectivity index (χ3v) is 6.36. The summed E-state index contributed by atoms with van der Waals surface area (Å²) >= 11 is 0.957. The summed E-state index contributed by atoms with van der Waals surface area (Å²) in [4.78, 5) is 45.7. The number of nitrogen functional groups attached to an aromatic ring is 1. The highest BCUT2D eigenvalue weighted by molar-refractivity contribution is 7.84. The molecule has 0 aliphatic carbocycles. The number of thiazole rings is 1. The molecule has 0 bridgehead atoms. The summed E-state index contributed by atoms with van der Waals surface area (Å²) in [6.07, 6.45) is 1.40. The second kappa shape index (κ2) is 9.52. The highest BCUT2D eigenvalue weighted by Crippen LogP contribution is 2.25. The highest BCUT2D eigenvalue weighted by Gasteiger charge is 2.54. The summed E-state index contributed by atoms with van der Waals surface area (Å²) in [5, 5.41) is 24.1. The van der Waals surface area contributed by atoms with Gasteiger partial charge in [0.2, 0.25) is 5.60 Å². The SMILES string of the molecule is CC(C)(O/N=C(/C(=O)N[C@@H]1C(=O)N(S(=O)(=O)O)[C@@H]1Cn1cc(CN)nn1)c1csc(N)n1)C(=O)O. The molecule has 0 saturated carbocycles. The third-order valence-electron chi connectivity index (χ3n) is 4.73. The number of anilines is 1. The molecule has 1 aliphatic heterocycles. The first kappa shape index (κ1) is 25.9. The van der Waals surface area contributed by atoms with Crippen LogP contribution in [0.1, 0.15) is 25.2 Å². The number of hydrogen-bond acceptors (Lipinski definition) is 13. The number of aromatic nitrogens is 4. The number of hydrogen-bond donors (Lipinski definition) is 5. The topological polar surface area (TPSA) is 258 Å². The van der Waals surface area contributed by atoms with E-state index in [0.717, 1.165) is 11.3 Å². The molecule has 2 amide bonds. The van der Waals surface area contributed by atoms with Gasteiger partial charge < -0.3 is 26.7 Å². The summed E-state index contributed by atoms with van der Waals surface area (Å²) < 4.78 is 34.2. The minimum atomic E-state index is -4.96. The molecule has 2 aromatic rings. The summed E-state index contributed by atoms with van der Waals surface area (Å²) in [7, 11) is -4.96. The molecule has 3 rings (SSSR count). The van der Waals surface area contributed by atoms with Crippen LogP contribution in [0.5, 0.6) is 0 Å². The first-order chi connectivity index (χ1) is 16.2. The van der Waals surface area contributed by atoms with Gasteiger partial charge >= 0.3 is 16.3 Å². The van der Waals surface area contributed by atoms with E-state index in [1.54, 1.807) is 0 Å². The molecule has 2 atom stereocenters. The number of nitrogens with zero attached hydrogens (tertiary/aromatic N) is 6. The molecule has 0 aromatic carbocycles. The fraction of sp³-hybridized carbons (Fsp3) is 0.438. The molecule has 35 heavy (non-hydrogen) atoms. The van der Waals surface area contributed by atoms with E-state index < -0.39 is 51.5 Å². The molecule has 3 heterocycles. The minimum Gasteiger partial charge on any atom is -0.478 e. The Morgan fingerprint density at radius 1 is 1.40 bits per heavy atom. The van der Waals surface area contributed by atoms with Crippen molar-refractivity contribution in [1.29, 1.82) is 0 Å². The summed E-state index contributed by atoms with van der Waals surface area (Å²) in [6.45, 7) is 2.15. The van der Waals surface area contributed by atoms with Gasteiger partial charge in [0.1, 0.15) is 11.7 Å². The van der Waals surface area contributed by atoms with Crippen molar-refractivity contribution in [3.05, 3.63) is 23.0 Å². The van der Waals surface area contributed by atoms with Crippen LogP contribution in [0.2, 0.25) is 0 Å². The zero-order valence-corrected chi connectivity index (χ0v) is 19.9. The summed E-state index contributed by atoms with van der Waals surface area (Å²) in [5.74, 6) is -3.55. The standard InChI is InChI=1S/C16H21N9O8S2/c1-16(2,14(28)29)33-22-10(8-6-34-15(18)19-8)12(26)20-11-9(25(13(11)27)35(30,31)32)5-24-4-7(3-17)21-23-24/h4,6,9,11H,3,5,17H2,1-2H3,(H2,18,19)(H,20,26)(H,28,29)(H,30,31,32)/b22-10+/t9-,11+/m1/s1. The highest BCUT2D eigenvalue weighted by atomic mass is 32.2. The number of nitrogens with two attached hydrogens (primary N) is 2. The van der Waals surface area contributed by atoms with Gasteiger partial charge in [0.15, 0.2) is 10.8 Å². The van der Waals surface area contributed by atoms with Gasteiger partial charge in [-0.3, -0.25) is 18.8 Å². The van der Waals surface area contributed by atoms with Crippen LogP contribution in [0.4, 0.5) is 5.13 Å². The maximum absolute atomic E-state index is 13.0. The molecular weight excluding hydrogens is 510 g/mol. The fourth-order valence-electron chi connectivity index (χ4n) is 2.86. The Hall–Kier alpha value is -3.68. The zero-order valence-electron chi connectivity index (χ0n) is 18.2. The zero-order chi connectivity index (χ0) is 26.1.